The summed E-state index contributed by atoms with van der Waals surface area (Å²) in [7, 11) is 0. The van der Waals surface area contributed by atoms with Crippen molar-refractivity contribution in [2.45, 2.75) is 39.7 Å². The van der Waals surface area contributed by atoms with Crippen LogP contribution in [0.15, 0.2) is 18.2 Å². The summed E-state index contributed by atoms with van der Waals surface area (Å²) in [5, 5.41) is 8.78. The van der Waals surface area contributed by atoms with Crippen molar-refractivity contribution in [1.29, 1.82) is 0 Å². The Hall–Kier alpha value is -1.55. The molecular weight excluding hydrogens is 264 g/mol. The predicted molar refractivity (Wildman–Crippen MR) is 86.0 cm³/mol. The number of piperazine rings is 1. The van der Waals surface area contributed by atoms with Crippen molar-refractivity contribution in [3.8, 4) is 0 Å². The van der Waals surface area contributed by atoms with Crippen molar-refractivity contribution in [2.24, 2.45) is 0 Å². The van der Waals surface area contributed by atoms with Gasteiger partial charge < -0.3 is 10.0 Å². The second-order valence-corrected chi connectivity index (χ2v) is 6.02. The number of aliphatic carboxylic acids is 1. The van der Waals surface area contributed by atoms with E-state index in [1.54, 1.807) is 0 Å². The van der Waals surface area contributed by atoms with Crippen LogP contribution in [0.1, 0.15) is 30.9 Å². The van der Waals surface area contributed by atoms with Crippen LogP contribution in [0.5, 0.6) is 0 Å². The molecule has 4 heteroatoms. The quantitative estimate of drug-likeness (QED) is 0.905. The first-order valence-corrected chi connectivity index (χ1v) is 7.76. The van der Waals surface area contributed by atoms with Gasteiger partial charge in [0, 0.05) is 44.3 Å². The topological polar surface area (TPSA) is 43.8 Å². The molecule has 1 unspecified atom stereocenters. The van der Waals surface area contributed by atoms with Gasteiger partial charge in [-0.05, 0) is 44.4 Å². The third-order valence-corrected chi connectivity index (χ3v) is 4.63. The second-order valence-electron chi connectivity index (χ2n) is 6.02. The zero-order valence-corrected chi connectivity index (χ0v) is 13.3. The van der Waals surface area contributed by atoms with Crippen LogP contribution in [0.3, 0.4) is 0 Å². The minimum absolute atomic E-state index is 0.262. The van der Waals surface area contributed by atoms with E-state index in [2.05, 4.69) is 48.8 Å². The number of carboxylic acids is 1. The van der Waals surface area contributed by atoms with E-state index in [0.29, 0.717) is 6.04 Å². The minimum Gasteiger partial charge on any atom is -0.481 e. The van der Waals surface area contributed by atoms with Crippen LogP contribution in [0, 0.1) is 13.8 Å². The summed E-state index contributed by atoms with van der Waals surface area (Å²) in [6, 6.07) is 6.83. The zero-order valence-electron chi connectivity index (χ0n) is 13.3. The molecule has 0 bridgehead atoms. The standard InChI is InChI=1S/C17H26N2O2/c1-13-5-4-6-16(15(13)3)19-11-9-18(10-12-19)14(2)7-8-17(20)21/h4-6,14H,7-12H2,1-3H3,(H,20,21). The van der Waals surface area contributed by atoms with Gasteiger partial charge in [-0.15, -0.1) is 0 Å². The molecule has 1 saturated heterocycles. The molecule has 0 radical (unpaired) electrons. The van der Waals surface area contributed by atoms with Crippen LogP contribution in [-0.4, -0.2) is 48.2 Å². The van der Waals surface area contributed by atoms with Gasteiger partial charge in [-0.25, -0.2) is 0 Å². The number of carboxylic acid groups (broad SMARTS) is 1. The number of nitrogens with zero attached hydrogens (tertiary/aromatic N) is 2. The highest BCUT2D eigenvalue weighted by molar-refractivity contribution is 5.66. The maximum atomic E-state index is 10.7. The van der Waals surface area contributed by atoms with Crippen molar-refractivity contribution in [2.75, 3.05) is 31.1 Å². The summed E-state index contributed by atoms with van der Waals surface area (Å²) in [5.41, 5.74) is 4.04. The van der Waals surface area contributed by atoms with E-state index in [1.165, 1.54) is 16.8 Å². The molecule has 0 aromatic heterocycles. The van der Waals surface area contributed by atoms with Crippen LogP contribution >= 0.6 is 0 Å². The van der Waals surface area contributed by atoms with Crippen LogP contribution in [0.4, 0.5) is 5.69 Å². The molecule has 116 valence electrons. The van der Waals surface area contributed by atoms with E-state index in [4.69, 9.17) is 5.11 Å². The fraction of sp³-hybridized carbons (Fsp3) is 0.588. The monoisotopic (exact) mass is 290 g/mol. The Balaban J connectivity index is 1.91. The molecule has 0 amide bonds. The lowest BCUT2D eigenvalue weighted by Gasteiger charge is -2.39. The lowest BCUT2D eigenvalue weighted by Crippen LogP contribution is -2.49. The molecule has 4 nitrogen and oxygen atoms in total. The molecule has 1 aromatic carbocycles. The Bertz CT molecular complexity index is 494. The Morgan fingerprint density at radius 1 is 1.24 bits per heavy atom. The Morgan fingerprint density at radius 3 is 2.52 bits per heavy atom. The third kappa shape index (κ3) is 3.97. The van der Waals surface area contributed by atoms with Crippen LogP contribution in [-0.2, 0) is 4.79 Å². The highest BCUT2D eigenvalue weighted by atomic mass is 16.4. The van der Waals surface area contributed by atoms with E-state index >= 15 is 0 Å². The summed E-state index contributed by atoms with van der Waals surface area (Å²) in [6.07, 6.45) is 0.997. The molecule has 0 saturated carbocycles. The minimum atomic E-state index is -0.698. The van der Waals surface area contributed by atoms with Gasteiger partial charge >= 0.3 is 5.97 Å². The molecule has 1 fully saturated rings. The largest absolute Gasteiger partial charge is 0.481 e. The molecule has 1 atom stereocenters. The number of anilines is 1. The van der Waals surface area contributed by atoms with Gasteiger partial charge in [0.05, 0.1) is 0 Å². The normalized spacial score (nSPS) is 17.8. The summed E-state index contributed by atoms with van der Waals surface area (Å²) in [6.45, 7) is 10.5. The first kappa shape index (κ1) is 15.8. The molecule has 1 heterocycles. The maximum Gasteiger partial charge on any atom is 0.303 e. The number of hydrogen-bond acceptors (Lipinski definition) is 3. The van der Waals surface area contributed by atoms with E-state index < -0.39 is 5.97 Å². The van der Waals surface area contributed by atoms with Crippen molar-refractivity contribution in [3.05, 3.63) is 29.3 Å². The van der Waals surface area contributed by atoms with Gasteiger partial charge in [0.25, 0.3) is 0 Å². The average molecular weight is 290 g/mol. The summed E-state index contributed by atoms with van der Waals surface area (Å²) in [5.74, 6) is -0.698. The van der Waals surface area contributed by atoms with E-state index in [0.717, 1.165) is 32.6 Å². The van der Waals surface area contributed by atoms with E-state index in [-0.39, 0.29) is 6.42 Å². The molecule has 0 spiro atoms. The molecule has 0 aliphatic carbocycles. The van der Waals surface area contributed by atoms with Crippen molar-refractivity contribution in [1.82, 2.24) is 4.90 Å². The first-order valence-electron chi connectivity index (χ1n) is 7.76. The fourth-order valence-corrected chi connectivity index (χ4v) is 3.00. The molecule has 21 heavy (non-hydrogen) atoms. The Kier molecular flexibility index (Phi) is 5.23. The lowest BCUT2D eigenvalue weighted by atomic mass is 10.1. The summed E-state index contributed by atoms with van der Waals surface area (Å²) < 4.78 is 0. The number of benzene rings is 1. The Morgan fingerprint density at radius 2 is 1.90 bits per heavy atom. The molecule has 2 rings (SSSR count). The predicted octanol–water partition coefficient (Wildman–Crippen LogP) is 2.68. The van der Waals surface area contributed by atoms with E-state index in [9.17, 15) is 4.79 Å². The lowest BCUT2D eigenvalue weighted by molar-refractivity contribution is -0.137. The highest BCUT2D eigenvalue weighted by Crippen LogP contribution is 2.24. The summed E-state index contributed by atoms with van der Waals surface area (Å²) >= 11 is 0. The molecular formula is C17H26N2O2. The summed E-state index contributed by atoms with van der Waals surface area (Å²) in [4.78, 5) is 15.5. The average Bonchev–Trinajstić information content (AvgIpc) is 2.48. The Labute approximate surface area is 127 Å². The zero-order chi connectivity index (χ0) is 15.4. The van der Waals surface area contributed by atoms with Gasteiger partial charge in [-0.3, -0.25) is 9.69 Å². The second kappa shape index (κ2) is 6.94. The fourth-order valence-electron chi connectivity index (χ4n) is 3.00. The molecule has 1 aromatic rings. The van der Waals surface area contributed by atoms with Crippen LogP contribution < -0.4 is 4.90 Å². The van der Waals surface area contributed by atoms with Crippen molar-refractivity contribution in [3.63, 3.8) is 0 Å². The van der Waals surface area contributed by atoms with Crippen molar-refractivity contribution < 1.29 is 9.90 Å². The van der Waals surface area contributed by atoms with Gasteiger partial charge in [0.2, 0.25) is 0 Å². The van der Waals surface area contributed by atoms with Gasteiger partial charge in [-0.2, -0.15) is 0 Å². The third-order valence-electron chi connectivity index (χ3n) is 4.63. The first-order chi connectivity index (χ1) is 9.99. The number of hydrogen-bond donors (Lipinski definition) is 1. The van der Waals surface area contributed by atoms with Crippen LogP contribution in [0.25, 0.3) is 0 Å². The maximum absolute atomic E-state index is 10.7. The highest BCUT2D eigenvalue weighted by Gasteiger charge is 2.22. The van der Waals surface area contributed by atoms with Gasteiger partial charge in [0.1, 0.15) is 0 Å². The van der Waals surface area contributed by atoms with Crippen molar-refractivity contribution >= 4 is 11.7 Å². The number of carbonyl (C=O) groups is 1. The molecule has 1 aliphatic heterocycles. The smallest absolute Gasteiger partial charge is 0.303 e. The molecule has 1 N–H and O–H groups in total. The SMILES string of the molecule is Cc1cccc(N2CCN(C(C)CCC(=O)O)CC2)c1C. The molecule has 1 aliphatic rings. The van der Waals surface area contributed by atoms with E-state index in [1.807, 2.05) is 0 Å². The van der Waals surface area contributed by atoms with Crippen LogP contribution in [0.2, 0.25) is 0 Å². The van der Waals surface area contributed by atoms with Gasteiger partial charge in [-0.1, -0.05) is 12.1 Å². The van der Waals surface area contributed by atoms with Gasteiger partial charge in [0.15, 0.2) is 0 Å². The number of rotatable bonds is 5. The number of aryl methyl sites for hydroxylation is 1.